The number of carbonyl (C=O) groups is 1. The number of anilines is 2. The molecule has 37 heavy (non-hydrogen) atoms. The van der Waals surface area contributed by atoms with Crippen LogP contribution in [-0.4, -0.2) is 82.3 Å². The first-order chi connectivity index (χ1) is 18.0. The van der Waals surface area contributed by atoms with Gasteiger partial charge in [-0.15, -0.1) is 0 Å². The van der Waals surface area contributed by atoms with Gasteiger partial charge in [0, 0.05) is 51.1 Å². The van der Waals surface area contributed by atoms with Crippen molar-refractivity contribution in [2.75, 3.05) is 49.1 Å². The number of nitrogens with two attached hydrogens (primary N) is 1. The maximum atomic E-state index is 12.3. The predicted molar refractivity (Wildman–Crippen MR) is 140 cm³/mol. The zero-order valence-corrected chi connectivity index (χ0v) is 22.1. The quantitative estimate of drug-likeness (QED) is 0.501. The number of hydrogen-bond donors (Lipinski definition) is 1. The minimum absolute atomic E-state index is 0.0312. The second-order valence-electron chi connectivity index (χ2n) is 10.9. The summed E-state index contributed by atoms with van der Waals surface area (Å²) in [4.78, 5) is 32.1. The molecule has 2 atom stereocenters. The van der Waals surface area contributed by atoms with Crippen LogP contribution in [0.4, 0.5) is 12.0 Å². The van der Waals surface area contributed by atoms with Gasteiger partial charge < -0.3 is 29.7 Å². The Morgan fingerprint density at radius 1 is 1.11 bits per heavy atom. The Balaban J connectivity index is 1.01. The third-order valence-electron chi connectivity index (χ3n) is 7.85. The van der Waals surface area contributed by atoms with Crippen molar-refractivity contribution < 1.29 is 14.1 Å². The van der Waals surface area contributed by atoms with Crippen molar-refractivity contribution in [2.24, 2.45) is 11.7 Å². The normalized spacial score (nSPS) is 23.4. The summed E-state index contributed by atoms with van der Waals surface area (Å²) in [7, 11) is 0. The van der Waals surface area contributed by atoms with Gasteiger partial charge in [-0.1, -0.05) is 19.0 Å². The van der Waals surface area contributed by atoms with E-state index in [4.69, 9.17) is 15.0 Å². The summed E-state index contributed by atoms with van der Waals surface area (Å²) >= 11 is 0. The molecule has 3 aliphatic heterocycles. The van der Waals surface area contributed by atoms with Crippen LogP contribution in [0.2, 0.25) is 0 Å². The molecule has 3 saturated heterocycles. The lowest BCUT2D eigenvalue weighted by atomic mass is 9.92. The smallest absolute Gasteiger partial charge is 0.324 e. The molecule has 202 valence electrons. The van der Waals surface area contributed by atoms with E-state index in [1.807, 2.05) is 4.90 Å². The Morgan fingerprint density at radius 3 is 2.59 bits per heavy atom. The van der Waals surface area contributed by atoms with Crippen LogP contribution in [0.3, 0.4) is 0 Å². The second kappa shape index (κ2) is 11.6. The number of aromatic nitrogens is 4. The van der Waals surface area contributed by atoms with Crippen LogP contribution in [0.5, 0.6) is 5.75 Å². The molecule has 1 amide bonds. The molecule has 0 radical (unpaired) electrons. The number of carbonyl (C=O) groups excluding carboxylic acids is 1. The molecule has 0 unspecified atom stereocenters. The van der Waals surface area contributed by atoms with Crippen molar-refractivity contribution in [3.05, 3.63) is 18.2 Å². The summed E-state index contributed by atoms with van der Waals surface area (Å²) in [6.07, 6.45) is 10.5. The Kier molecular flexibility index (Phi) is 8.07. The average molecular weight is 513 g/mol. The third kappa shape index (κ3) is 6.14. The number of hydrogen-bond acceptors (Lipinski definition) is 10. The van der Waals surface area contributed by atoms with Crippen LogP contribution in [0.25, 0.3) is 0 Å². The number of nitrogens with zero attached hydrogens (tertiary/aromatic N) is 7. The molecule has 2 N–H and O–H groups in total. The number of piperidine rings is 2. The van der Waals surface area contributed by atoms with E-state index < -0.39 is 0 Å². The maximum Gasteiger partial charge on any atom is 0.324 e. The SMILES string of the molecule is CC(C)c1noc(N2CCC(CCCOc3cnc(N4C[C@H](N)[C@@H](N5CCCCC5=O)C4)nc3)CC2)n1. The van der Waals surface area contributed by atoms with Crippen molar-refractivity contribution in [3.63, 3.8) is 0 Å². The Bertz CT molecular complexity index is 1020. The van der Waals surface area contributed by atoms with Gasteiger partial charge in [0.1, 0.15) is 0 Å². The van der Waals surface area contributed by atoms with Crippen molar-refractivity contribution in [3.8, 4) is 5.75 Å². The van der Waals surface area contributed by atoms with Crippen LogP contribution in [0.15, 0.2) is 16.9 Å². The maximum absolute atomic E-state index is 12.3. The van der Waals surface area contributed by atoms with Crippen molar-refractivity contribution >= 4 is 17.9 Å². The molecule has 0 bridgehead atoms. The van der Waals surface area contributed by atoms with E-state index >= 15 is 0 Å². The number of ether oxygens (including phenoxy) is 1. The van der Waals surface area contributed by atoms with Gasteiger partial charge in [0.05, 0.1) is 25.0 Å². The summed E-state index contributed by atoms with van der Waals surface area (Å²) in [5.74, 6) is 3.28. The third-order valence-corrected chi connectivity index (χ3v) is 7.85. The molecule has 2 aromatic rings. The van der Waals surface area contributed by atoms with Crippen molar-refractivity contribution in [2.45, 2.75) is 76.8 Å². The van der Waals surface area contributed by atoms with Crippen LogP contribution in [0, 0.1) is 5.92 Å². The minimum atomic E-state index is -0.0852. The van der Waals surface area contributed by atoms with Gasteiger partial charge in [-0.2, -0.15) is 4.98 Å². The number of amides is 1. The molecule has 0 aliphatic carbocycles. The van der Waals surface area contributed by atoms with E-state index in [0.717, 1.165) is 64.0 Å². The monoisotopic (exact) mass is 512 g/mol. The van der Waals surface area contributed by atoms with Crippen LogP contribution in [0.1, 0.15) is 70.5 Å². The fourth-order valence-corrected chi connectivity index (χ4v) is 5.59. The number of likely N-dealkylation sites (tertiary alicyclic amines) is 1. The van der Waals surface area contributed by atoms with Crippen LogP contribution in [-0.2, 0) is 4.79 Å². The van der Waals surface area contributed by atoms with Crippen LogP contribution < -0.4 is 20.3 Å². The molecular weight excluding hydrogens is 472 g/mol. The van der Waals surface area contributed by atoms with Gasteiger partial charge in [0.25, 0.3) is 0 Å². The molecule has 0 spiro atoms. The van der Waals surface area contributed by atoms with Crippen molar-refractivity contribution in [1.29, 1.82) is 0 Å². The first-order valence-corrected chi connectivity index (χ1v) is 13.8. The molecule has 5 heterocycles. The largest absolute Gasteiger partial charge is 0.490 e. The highest BCUT2D eigenvalue weighted by Crippen LogP contribution is 2.27. The van der Waals surface area contributed by atoms with Crippen molar-refractivity contribution in [1.82, 2.24) is 25.0 Å². The van der Waals surface area contributed by atoms with Gasteiger partial charge in [0.15, 0.2) is 11.6 Å². The molecule has 3 fully saturated rings. The Labute approximate surface area is 218 Å². The molecule has 11 heteroatoms. The lowest BCUT2D eigenvalue weighted by Gasteiger charge is -2.34. The molecule has 5 rings (SSSR count). The molecule has 2 aromatic heterocycles. The van der Waals surface area contributed by atoms with E-state index in [1.54, 1.807) is 12.4 Å². The lowest BCUT2D eigenvalue weighted by Crippen LogP contribution is -2.51. The fourth-order valence-electron chi connectivity index (χ4n) is 5.59. The first kappa shape index (κ1) is 25.7. The standard InChI is InChI=1S/C26H40N8O3/c1-18(2)24-30-26(37-31-24)32-11-8-19(9-12-32)6-5-13-36-20-14-28-25(29-15-20)33-16-21(27)22(17-33)34-10-4-3-7-23(34)35/h14-15,18-19,21-22H,3-13,16-17,27H2,1-2H3/t21-,22-/m0/s1. The molecule has 11 nitrogen and oxygen atoms in total. The number of rotatable bonds is 9. The zero-order valence-electron chi connectivity index (χ0n) is 22.1. The van der Waals surface area contributed by atoms with E-state index in [1.165, 1.54) is 0 Å². The molecular formula is C26H40N8O3. The fraction of sp³-hybridized carbons (Fsp3) is 0.731. The molecule has 0 aromatic carbocycles. The average Bonchev–Trinajstić information content (AvgIpc) is 3.55. The van der Waals surface area contributed by atoms with E-state index in [-0.39, 0.29) is 23.9 Å². The highest BCUT2D eigenvalue weighted by Gasteiger charge is 2.38. The zero-order chi connectivity index (χ0) is 25.8. The second-order valence-corrected chi connectivity index (χ2v) is 10.9. The molecule has 3 aliphatic rings. The lowest BCUT2D eigenvalue weighted by molar-refractivity contribution is -0.135. The van der Waals surface area contributed by atoms with Gasteiger partial charge in [-0.3, -0.25) is 4.79 Å². The van der Waals surface area contributed by atoms with E-state index in [2.05, 4.69) is 43.8 Å². The Hall–Kier alpha value is -2.95. The summed E-state index contributed by atoms with van der Waals surface area (Å²) in [6, 6.07) is 0.599. The summed E-state index contributed by atoms with van der Waals surface area (Å²) in [5, 5.41) is 4.08. The van der Waals surface area contributed by atoms with E-state index in [0.29, 0.717) is 49.7 Å². The van der Waals surface area contributed by atoms with Gasteiger partial charge >= 0.3 is 6.01 Å². The topological polar surface area (TPSA) is 127 Å². The summed E-state index contributed by atoms with van der Waals surface area (Å²) in [5.41, 5.74) is 6.39. The minimum Gasteiger partial charge on any atom is -0.490 e. The Morgan fingerprint density at radius 2 is 1.89 bits per heavy atom. The van der Waals surface area contributed by atoms with Gasteiger partial charge in [-0.25, -0.2) is 9.97 Å². The van der Waals surface area contributed by atoms with Crippen LogP contribution >= 0.6 is 0 Å². The van der Waals surface area contributed by atoms with Gasteiger partial charge in [-0.05, 0) is 44.4 Å². The molecule has 0 saturated carbocycles. The summed E-state index contributed by atoms with van der Waals surface area (Å²) in [6.45, 7) is 8.83. The highest BCUT2D eigenvalue weighted by molar-refractivity contribution is 5.77. The highest BCUT2D eigenvalue weighted by atomic mass is 16.5. The van der Waals surface area contributed by atoms with Gasteiger partial charge in [0.2, 0.25) is 11.9 Å². The van der Waals surface area contributed by atoms with E-state index in [9.17, 15) is 4.79 Å². The summed E-state index contributed by atoms with van der Waals surface area (Å²) < 4.78 is 11.4. The first-order valence-electron chi connectivity index (χ1n) is 13.8. The predicted octanol–water partition coefficient (Wildman–Crippen LogP) is 2.59.